The third kappa shape index (κ3) is 4.93. The average molecular weight is 454 g/mol. The van der Waals surface area contributed by atoms with Crippen molar-refractivity contribution in [3.63, 3.8) is 0 Å². The van der Waals surface area contributed by atoms with Crippen molar-refractivity contribution in [1.29, 1.82) is 0 Å². The summed E-state index contributed by atoms with van der Waals surface area (Å²) in [5.41, 5.74) is 1.22. The number of halogens is 1. The number of imidazole rings is 1. The van der Waals surface area contributed by atoms with E-state index in [4.69, 9.17) is 4.42 Å². The van der Waals surface area contributed by atoms with Gasteiger partial charge in [-0.25, -0.2) is 22.5 Å². The molecule has 2 aromatic carbocycles. The number of hydrogen-bond donors (Lipinski definition) is 2. The second-order valence-electron chi connectivity index (χ2n) is 6.87. The van der Waals surface area contributed by atoms with Crippen LogP contribution in [-0.2, 0) is 23.1 Å². The molecule has 0 fully saturated rings. The van der Waals surface area contributed by atoms with Crippen LogP contribution in [0.4, 0.5) is 4.39 Å². The maximum Gasteiger partial charge on any atom is 0.251 e. The van der Waals surface area contributed by atoms with Crippen molar-refractivity contribution in [1.82, 2.24) is 19.6 Å². The largest absolute Gasteiger partial charge is 0.468 e. The minimum Gasteiger partial charge on any atom is -0.468 e. The van der Waals surface area contributed by atoms with Gasteiger partial charge >= 0.3 is 0 Å². The molecule has 0 saturated carbocycles. The molecule has 4 aromatic rings. The minimum absolute atomic E-state index is 0.0216. The van der Waals surface area contributed by atoms with Crippen LogP contribution in [0.25, 0.3) is 5.69 Å². The van der Waals surface area contributed by atoms with Gasteiger partial charge in [0.15, 0.2) is 0 Å². The van der Waals surface area contributed by atoms with Gasteiger partial charge in [-0.2, -0.15) is 0 Å². The number of amides is 1. The van der Waals surface area contributed by atoms with E-state index in [1.807, 2.05) is 0 Å². The topological polar surface area (TPSA) is 106 Å². The lowest BCUT2D eigenvalue weighted by Crippen LogP contribution is -2.24. The van der Waals surface area contributed by atoms with E-state index in [0.717, 1.165) is 0 Å². The highest BCUT2D eigenvalue weighted by atomic mass is 32.2. The van der Waals surface area contributed by atoms with Crippen LogP contribution >= 0.6 is 0 Å². The SMILES string of the molecule is O=C(NCc1ccc(-n2ccnc2)c(F)c1)c1ccc(S(=O)(=O)NCc2ccco2)cc1. The second kappa shape index (κ2) is 9.16. The normalized spacial score (nSPS) is 11.4. The molecule has 32 heavy (non-hydrogen) atoms. The summed E-state index contributed by atoms with van der Waals surface area (Å²) < 4.78 is 48.2. The number of nitrogens with zero attached hydrogens (tertiary/aromatic N) is 2. The molecule has 0 atom stereocenters. The first-order valence-corrected chi connectivity index (χ1v) is 11.1. The summed E-state index contributed by atoms with van der Waals surface area (Å²) >= 11 is 0. The Bertz CT molecular complexity index is 1300. The molecule has 0 unspecified atom stereocenters. The molecule has 10 heteroatoms. The fraction of sp³-hybridized carbons (Fsp3) is 0.0909. The van der Waals surface area contributed by atoms with Crippen LogP contribution in [0, 0.1) is 5.82 Å². The maximum atomic E-state index is 14.3. The standard InChI is InChI=1S/C22H19FN4O4S/c23-20-12-16(3-8-21(20)27-10-9-24-15-27)13-25-22(28)17-4-6-19(7-5-17)32(29,30)26-14-18-2-1-11-31-18/h1-12,15,26H,13-14H2,(H,25,28). The molecule has 8 nitrogen and oxygen atoms in total. The zero-order chi connectivity index (χ0) is 22.6. The van der Waals surface area contributed by atoms with Gasteiger partial charge in [-0.05, 0) is 54.1 Å². The highest BCUT2D eigenvalue weighted by Gasteiger charge is 2.15. The van der Waals surface area contributed by atoms with Gasteiger partial charge in [-0.15, -0.1) is 0 Å². The van der Waals surface area contributed by atoms with Crippen LogP contribution in [0.15, 0.2) is 88.9 Å². The van der Waals surface area contributed by atoms with Gasteiger partial charge in [0, 0.05) is 24.5 Å². The molecule has 2 aromatic heterocycles. The number of rotatable bonds is 8. The van der Waals surface area contributed by atoms with Gasteiger partial charge < -0.3 is 14.3 Å². The van der Waals surface area contributed by atoms with E-state index in [0.29, 0.717) is 17.0 Å². The second-order valence-corrected chi connectivity index (χ2v) is 8.63. The molecule has 2 N–H and O–H groups in total. The fourth-order valence-electron chi connectivity index (χ4n) is 3.00. The Morgan fingerprint density at radius 1 is 1.09 bits per heavy atom. The third-order valence-corrected chi connectivity index (χ3v) is 6.11. The van der Waals surface area contributed by atoms with Gasteiger partial charge in [0.05, 0.1) is 29.7 Å². The van der Waals surface area contributed by atoms with Crippen molar-refractivity contribution in [2.75, 3.05) is 0 Å². The van der Waals surface area contributed by atoms with Crippen LogP contribution in [0.1, 0.15) is 21.7 Å². The first kappa shape index (κ1) is 21.5. The lowest BCUT2D eigenvalue weighted by atomic mass is 10.1. The molecule has 0 spiro atoms. The number of aromatic nitrogens is 2. The number of furan rings is 1. The summed E-state index contributed by atoms with van der Waals surface area (Å²) in [6, 6.07) is 13.5. The lowest BCUT2D eigenvalue weighted by molar-refractivity contribution is 0.0950. The molecular formula is C22H19FN4O4S. The summed E-state index contributed by atoms with van der Waals surface area (Å²) in [6.07, 6.45) is 6.14. The fourth-order valence-corrected chi connectivity index (χ4v) is 4.00. The molecule has 0 radical (unpaired) electrons. The van der Waals surface area contributed by atoms with Crippen molar-refractivity contribution in [2.24, 2.45) is 0 Å². The molecule has 0 aliphatic carbocycles. The Kier molecular flexibility index (Phi) is 6.15. The van der Waals surface area contributed by atoms with Gasteiger partial charge in [-0.1, -0.05) is 6.07 Å². The monoisotopic (exact) mass is 454 g/mol. The van der Waals surface area contributed by atoms with Gasteiger partial charge in [0.1, 0.15) is 11.6 Å². The van der Waals surface area contributed by atoms with Crippen LogP contribution < -0.4 is 10.0 Å². The maximum absolute atomic E-state index is 14.3. The van der Waals surface area contributed by atoms with E-state index < -0.39 is 21.7 Å². The summed E-state index contributed by atoms with van der Waals surface area (Å²) in [6.45, 7) is 0.137. The number of benzene rings is 2. The number of sulfonamides is 1. The zero-order valence-corrected chi connectivity index (χ0v) is 17.5. The van der Waals surface area contributed by atoms with E-state index in [9.17, 15) is 17.6 Å². The first-order chi connectivity index (χ1) is 15.4. The first-order valence-electron chi connectivity index (χ1n) is 9.59. The molecule has 1 amide bonds. The number of carbonyl (C=O) groups is 1. The molecule has 4 rings (SSSR count). The van der Waals surface area contributed by atoms with Gasteiger partial charge in [0.25, 0.3) is 5.91 Å². The Balaban J connectivity index is 1.36. The van der Waals surface area contributed by atoms with Crippen LogP contribution in [0.2, 0.25) is 0 Å². The van der Waals surface area contributed by atoms with Crippen molar-refractivity contribution in [3.05, 3.63) is 102 Å². The van der Waals surface area contributed by atoms with Crippen molar-refractivity contribution >= 4 is 15.9 Å². The number of nitrogens with one attached hydrogen (secondary N) is 2. The van der Waals surface area contributed by atoms with Gasteiger partial charge in [0.2, 0.25) is 10.0 Å². The van der Waals surface area contributed by atoms with E-state index in [1.165, 1.54) is 42.9 Å². The zero-order valence-electron chi connectivity index (χ0n) is 16.7. The van der Waals surface area contributed by atoms with Crippen molar-refractivity contribution in [3.8, 4) is 5.69 Å². The third-order valence-electron chi connectivity index (χ3n) is 4.69. The molecule has 0 bridgehead atoms. The Morgan fingerprint density at radius 3 is 2.56 bits per heavy atom. The van der Waals surface area contributed by atoms with Crippen molar-refractivity contribution < 1.29 is 22.0 Å². The van der Waals surface area contributed by atoms with E-state index in [2.05, 4.69) is 15.0 Å². The highest BCUT2D eigenvalue weighted by Crippen LogP contribution is 2.16. The lowest BCUT2D eigenvalue weighted by Gasteiger charge is -2.09. The number of hydrogen-bond acceptors (Lipinski definition) is 5. The van der Waals surface area contributed by atoms with Crippen molar-refractivity contribution in [2.45, 2.75) is 18.0 Å². The Morgan fingerprint density at radius 2 is 1.91 bits per heavy atom. The van der Waals surface area contributed by atoms with E-state index in [1.54, 1.807) is 41.2 Å². The van der Waals surface area contributed by atoms with Crippen LogP contribution in [0.5, 0.6) is 0 Å². The van der Waals surface area contributed by atoms with Gasteiger partial charge in [-0.3, -0.25) is 4.79 Å². The van der Waals surface area contributed by atoms with E-state index >= 15 is 0 Å². The van der Waals surface area contributed by atoms with Crippen LogP contribution in [0.3, 0.4) is 0 Å². The Labute approximate surface area is 183 Å². The predicted octanol–water partition coefficient (Wildman–Crippen LogP) is 3.01. The predicted molar refractivity (Wildman–Crippen MR) is 114 cm³/mol. The Hall–Kier alpha value is -3.76. The summed E-state index contributed by atoms with van der Waals surface area (Å²) in [7, 11) is -3.75. The summed E-state index contributed by atoms with van der Waals surface area (Å²) in [5.74, 6) is -0.359. The molecule has 0 saturated heterocycles. The smallest absolute Gasteiger partial charge is 0.251 e. The van der Waals surface area contributed by atoms with E-state index in [-0.39, 0.29) is 23.5 Å². The summed E-state index contributed by atoms with van der Waals surface area (Å²) in [5, 5.41) is 2.70. The molecule has 0 aliphatic heterocycles. The highest BCUT2D eigenvalue weighted by molar-refractivity contribution is 7.89. The number of carbonyl (C=O) groups excluding carboxylic acids is 1. The molecule has 0 aliphatic rings. The average Bonchev–Trinajstić information content (AvgIpc) is 3.51. The quantitative estimate of drug-likeness (QED) is 0.426. The van der Waals surface area contributed by atoms with Crippen LogP contribution in [-0.4, -0.2) is 23.9 Å². The minimum atomic E-state index is -3.75. The molecular weight excluding hydrogens is 435 g/mol. The molecule has 2 heterocycles. The summed E-state index contributed by atoms with van der Waals surface area (Å²) in [4.78, 5) is 16.3. The molecule has 164 valence electrons.